The number of carboxylic acids is 1. The number of carbonyl (C=O) groups excluding carboxylic acids is 1. The Bertz CT molecular complexity index is 307. The van der Waals surface area contributed by atoms with Crippen LogP contribution in [0.25, 0.3) is 0 Å². The van der Waals surface area contributed by atoms with E-state index in [1.165, 1.54) is 19.2 Å². The SMILES string of the molecule is C[C@H](NC(=O)c1ccn[nH]1)C(=O)O. The average molecular weight is 183 g/mol. The maximum Gasteiger partial charge on any atom is 0.325 e. The van der Waals surface area contributed by atoms with Crippen molar-refractivity contribution in [2.24, 2.45) is 0 Å². The smallest absolute Gasteiger partial charge is 0.325 e. The van der Waals surface area contributed by atoms with Crippen molar-refractivity contribution in [2.75, 3.05) is 0 Å². The molecule has 0 aliphatic heterocycles. The molecule has 1 aromatic heterocycles. The first-order chi connectivity index (χ1) is 6.11. The van der Waals surface area contributed by atoms with Gasteiger partial charge in [-0.1, -0.05) is 0 Å². The molecule has 3 N–H and O–H groups in total. The molecule has 1 aromatic rings. The third kappa shape index (κ3) is 2.29. The van der Waals surface area contributed by atoms with E-state index in [-0.39, 0.29) is 5.69 Å². The maximum atomic E-state index is 11.2. The van der Waals surface area contributed by atoms with Crippen LogP contribution in [-0.4, -0.2) is 33.2 Å². The third-order valence-corrected chi connectivity index (χ3v) is 1.46. The summed E-state index contributed by atoms with van der Waals surface area (Å²) in [4.78, 5) is 21.5. The van der Waals surface area contributed by atoms with E-state index in [9.17, 15) is 9.59 Å². The molecule has 0 spiro atoms. The molecule has 1 amide bonds. The molecule has 13 heavy (non-hydrogen) atoms. The number of amides is 1. The molecule has 0 unspecified atom stereocenters. The molecule has 0 aromatic carbocycles. The standard InChI is InChI=1S/C7H9N3O3/c1-4(7(12)13)9-6(11)5-2-3-8-10-5/h2-4H,1H3,(H,8,10)(H,9,11)(H,12,13)/t4-/m0/s1. The third-order valence-electron chi connectivity index (χ3n) is 1.46. The number of H-pyrrole nitrogens is 1. The minimum Gasteiger partial charge on any atom is -0.480 e. The fourth-order valence-electron chi connectivity index (χ4n) is 0.718. The van der Waals surface area contributed by atoms with Crippen molar-refractivity contribution in [1.82, 2.24) is 15.5 Å². The number of aromatic nitrogens is 2. The van der Waals surface area contributed by atoms with Crippen molar-refractivity contribution in [3.63, 3.8) is 0 Å². The van der Waals surface area contributed by atoms with Crippen LogP contribution >= 0.6 is 0 Å². The second kappa shape index (κ2) is 3.70. The van der Waals surface area contributed by atoms with Crippen molar-refractivity contribution >= 4 is 11.9 Å². The van der Waals surface area contributed by atoms with Crippen LogP contribution in [0.1, 0.15) is 17.4 Å². The minimum absolute atomic E-state index is 0.244. The molecule has 0 bridgehead atoms. The number of aromatic amines is 1. The Hall–Kier alpha value is -1.85. The summed E-state index contributed by atoms with van der Waals surface area (Å²) in [6, 6.07) is 0.556. The molecule has 0 aliphatic rings. The van der Waals surface area contributed by atoms with Gasteiger partial charge in [-0.25, -0.2) is 0 Å². The van der Waals surface area contributed by atoms with Gasteiger partial charge >= 0.3 is 5.97 Å². The number of rotatable bonds is 3. The van der Waals surface area contributed by atoms with Gasteiger partial charge in [0.1, 0.15) is 11.7 Å². The summed E-state index contributed by atoms with van der Waals surface area (Å²) in [5.41, 5.74) is 0.244. The lowest BCUT2D eigenvalue weighted by Crippen LogP contribution is -2.38. The zero-order valence-corrected chi connectivity index (χ0v) is 6.94. The van der Waals surface area contributed by atoms with Gasteiger partial charge in [-0.2, -0.15) is 5.10 Å². The van der Waals surface area contributed by atoms with E-state index in [4.69, 9.17) is 5.11 Å². The minimum atomic E-state index is -1.08. The number of hydrogen-bond acceptors (Lipinski definition) is 3. The molecule has 70 valence electrons. The summed E-state index contributed by atoms with van der Waals surface area (Å²) in [6.07, 6.45) is 1.42. The van der Waals surface area contributed by atoms with Crippen LogP contribution in [0, 0.1) is 0 Å². The van der Waals surface area contributed by atoms with Crippen LogP contribution < -0.4 is 5.32 Å². The molecule has 1 rings (SSSR count). The highest BCUT2D eigenvalue weighted by molar-refractivity contribution is 5.94. The molecular formula is C7H9N3O3. The molecule has 0 fully saturated rings. The molecule has 0 saturated carbocycles. The fourth-order valence-corrected chi connectivity index (χ4v) is 0.718. The van der Waals surface area contributed by atoms with Crippen LogP contribution in [0.15, 0.2) is 12.3 Å². The van der Waals surface area contributed by atoms with Gasteiger partial charge in [-0.15, -0.1) is 0 Å². The topological polar surface area (TPSA) is 95.1 Å². The number of nitrogens with one attached hydrogen (secondary N) is 2. The van der Waals surface area contributed by atoms with Gasteiger partial charge in [0.15, 0.2) is 0 Å². The Morgan fingerprint density at radius 1 is 1.69 bits per heavy atom. The van der Waals surface area contributed by atoms with E-state index in [0.29, 0.717) is 0 Å². The fraction of sp³-hybridized carbons (Fsp3) is 0.286. The molecular weight excluding hydrogens is 174 g/mol. The first-order valence-electron chi connectivity index (χ1n) is 3.64. The van der Waals surface area contributed by atoms with Gasteiger partial charge in [0, 0.05) is 6.20 Å². The Labute approximate surface area is 74.0 Å². The van der Waals surface area contributed by atoms with E-state index < -0.39 is 17.9 Å². The van der Waals surface area contributed by atoms with Crippen LogP contribution in [0.5, 0.6) is 0 Å². The zero-order chi connectivity index (χ0) is 9.84. The van der Waals surface area contributed by atoms with Gasteiger partial charge in [-0.3, -0.25) is 14.7 Å². The number of carboxylic acid groups (broad SMARTS) is 1. The highest BCUT2D eigenvalue weighted by atomic mass is 16.4. The second-order valence-electron chi connectivity index (χ2n) is 2.50. The first kappa shape index (κ1) is 9.24. The quantitative estimate of drug-likeness (QED) is 0.594. The van der Waals surface area contributed by atoms with Gasteiger partial charge in [0.25, 0.3) is 5.91 Å². The molecule has 0 radical (unpaired) electrons. The second-order valence-corrected chi connectivity index (χ2v) is 2.50. The average Bonchev–Trinajstić information content (AvgIpc) is 2.55. The highest BCUT2D eigenvalue weighted by Gasteiger charge is 2.15. The van der Waals surface area contributed by atoms with E-state index in [1.807, 2.05) is 0 Å². The molecule has 6 heteroatoms. The number of carbonyl (C=O) groups is 2. The van der Waals surface area contributed by atoms with E-state index in [2.05, 4.69) is 15.5 Å². The lowest BCUT2D eigenvalue weighted by atomic mass is 10.3. The zero-order valence-electron chi connectivity index (χ0n) is 6.94. The summed E-state index contributed by atoms with van der Waals surface area (Å²) >= 11 is 0. The van der Waals surface area contributed by atoms with E-state index in [1.54, 1.807) is 0 Å². The predicted octanol–water partition coefficient (Wildman–Crippen LogP) is -0.387. The van der Waals surface area contributed by atoms with E-state index >= 15 is 0 Å². The van der Waals surface area contributed by atoms with Crippen molar-refractivity contribution in [2.45, 2.75) is 13.0 Å². The van der Waals surface area contributed by atoms with Gasteiger partial charge in [0.2, 0.25) is 0 Å². The summed E-state index contributed by atoms with van der Waals surface area (Å²) in [5, 5.41) is 16.7. The van der Waals surface area contributed by atoms with Crippen molar-refractivity contribution in [3.05, 3.63) is 18.0 Å². The van der Waals surface area contributed by atoms with Crippen LogP contribution in [0.2, 0.25) is 0 Å². The Morgan fingerprint density at radius 3 is 2.85 bits per heavy atom. The lowest BCUT2D eigenvalue weighted by molar-refractivity contribution is -0.138. The van der Waals surface area contributed by atoms with Crippen molar-refractivity contribution in [3.8, 4) is 0 Å². The van der Waals surface area contributed by atoms with E-state index in [0.717, 1.165) is 0 Å². The monoisotopic (exact) mass is 183 g/mol. The molecule has 1 heterocycles. The Morgan fingerprint density at radius 2 is 2.38 bits per heavy atom. The first-order valence-corrected chi connectivity index (χ1v) is 3.64. The normalized spacial score (nSPS) is 12.1. The summed E-state index contributed by atoms with van der Waals surface area (Å²) in [5.74, 6) is -1.56. The molecule has 0 aliphatic carbocycles. The lowest BCUT2D eigenvalue weighted by Gasteiger charge is -2.06. The van der Waals surface area contributed by atoms with Crippen LogP contribution in [-0.2, 0) is 4.79 Å². The van der Waals surface area contributed by atoms with Crippen LogP contribution in [0.4, 0.5) is 0 Å². The van der Waals surface area contributed by atoms with Gasteiger partial charge in [-0.05, 0) is 13.0 Å². The molecule has 0 saturated heterocycles. The number of hydrogen-bond donors (Lipinski definition) is 3. The van der Waals surface area contributed by atoms with Crippen molar-refractivity contribution in [1.29, 1.82) is 0 Å². The largest absolute Gasteiger partial charge is 0.480 e. The maximum absolute atomic E-state index is 11.2. The Balaban J connectivity index is 2.56. The summed E-state index contributed by atoms with van der Waals surface area (Å²) < 4.78 is 0. The number of aliphatic carboxylic acids is 1. The van der Waals surface area contributed by atoms with Gasteiger partial charge < -0.3 is 10.4 Å². The van der Waals surface area contributed by atoms with Crippen LogP contribution in [0.3, 0.4) is 0 Å². The van der Waals surface area contributed by atoms with Crippen molar-refractivity contribution < 1.29 is 14.7 Å². The highest BCUT2D eigenvalue weighted by Crippen LogP contribution is 1.92. The van der Waals surface area contributed by atoms with Gasteiger partial charge in [0.05, 0.1) is 0 Å². The number of nitrogens with zero attached hydrogens (tertiary/aromatic N) is 1. The Kier molecular flexibility index (Phi) is 2.63. The molecule has 6 nitrogen and oxygen atoms in total. The molecule has 1 atom stereocenters. The predicted molar refractivity (Wildman–Crippen MR) is 43.2 cm³/mol. The summed E-state index contributed by atoms with van der Waals surface area (Å²) in [7, 11) is 0. The summed E-state index contributed by atoms with van der Waals surface area (Å²) in [6.45, 7) is 1.39.